The van der Waals surface area contributed by atoms with Crippen LogP contribution in [0, 0.1) is 0 Å². The highest BCUT2D eigenvalue weighted by molar-refractivity contribution is 5.97. The summed E-state index contributed by atoms with van der Waals surface area (Å²) in [4.78, 5) is 11.6. The number of amides is 1. The number of nitrogens with zero attached hydrogens (tertiary/aromatic N) is 2. The third kappa shape index (κ3) is 3.27. The molecule has 0 saturated carbocycles. The standard InChI is InChI=1S/C17H19F3N4O4/c1-26-11-4-8(5-12(27-2)14(11)28-3)10-6-13(17(18,19)20)24-16(23-10)9(7-22-24)15(21)25/h4-5,7,10,13,23H,6H2,1-3H3,(H2,21,25)/t10-,13-/m0/s1. The number of alkyl halides is 3. The number of carbonyl (C=O) groups is 1. The molecule has 1 aliphatic heterocycles. The first-order valence-electron chi connectivity index (χ1n) is 8.21. The molecular weight excluding hydrogens is 381 g/mol. The van der Waals surface area contributed by atoms with E-state index in [1.165, 1.54) is 21.3 Å². The van der Waals surface area contributed by atoms with Crippen LogP contribution in [0.4, 0.5) is 19.0 Å². The minimum Gasteiger partial charge on any atom is -0.493 e. The summed E-state index contributed by atoms with van der Waals surface area (Å²) in [5.41, 5.74) is 5.63. The first kappa shape index (κ1) is 19.6. The molecule has 0 saturated heterocycles. The van der Waals surface area contributed by atoms with Crippen LogP contribution in [0.5, 0.6) is 17.2 Å². The van der Waals surface area contributed by atoms with Gasteiger partial charge in [-0.15, -0.1) is 0 Å². The van der Waals surface area contributed by atoms with Gasteiger partial charge in [-0.05, 0) is 17.7 Å². The fourth-order valence-corrected chi connectivity index (χ4v) is 3.26. The maximum absolute atomic E-state index is 13.7. The Morgan fingerprint density at radius 2 is 1.82 bits per heavy atom. The van der Waals surface area contributed by atoms with Gasteiger partial charge in [0.2, 0.25) is 5.75 Å². The van der Waals surface area contributed by atoms with Crippen molar-refractivity contribution in [2.24, 2.45) is 5.73 Å². The number of rotatable bonds is 5. The number of anilines is 1. The Balaban J connectivity index is 2.11. The summed E-state index contributed by atoms with van der Waals surface area (Å²) in [5, 5.41) is 6.65. The number of methoxy groups -OCH3 is 3. The van der Waals surface area contributed by atoms with Crippen molar-refractivity contribution in [2.45, 2.75) is 24.7 Å². The summed E-state index contributed by atoms with van der Waals surface area (Å²) in [5.74, 6) is -0.0346. The van der Waals surface area contributed by atoms with E-state index in [-0.39, 0.29) is 17.8 Å². The summed E-state index contributed by atoms with van der Waals surface area (Å²) in [7, 11) is 4.25. The fourth-order valence-electron chi connectivity index (χ4n) is 3.26. The van der Waals surface area contributed by atoms with Gasteiger partial charge in [0.25, 0.3) is 5.91 Å². The molecule has 0 radical (unpaired) electrons. The predicted octanol–water partition coefficient (Wildman–Crippen LogP) is 2.67. The molecule has 11 heteroatoms. The molecule has 2 aromatic rings. The molecule has 8 nitrogen and oxygen atoms in total. The molecule has 0 unspecified atom stereocenters. The molecule has 0 spiro atoms. The van der Waals surface area contributed by atoms with Gasteiger partial charge in [0.1, 0.15) is 11.4 Å². The zero-order chi connectivity index (χ0) is 20.6. The number of fused-ring (bicyclic) bond motifs is 1. The number of nitrogens with two attached hydrogens (primary N) is 1. The minimum atomic E-state index is -4.57. The summed E-state index contributed by atoms with van der Waals surface area (Å²) in [6.07, 6.45) is -3.90. The summed E-state index contributed by atoms with van der Waals surface area (Å²) in [6.45, 7) is 0. The molecule has 1 aliphatic rings. The van der Waals surface area contributed by atoms with Gasteiger partial charge in [0.05, 0.1) is 33.6 Å². The van der Waals surface area contributed by atoms with E-state index < -0.39 is 24.2 Å². The molecular formula is C17H19F3N4O4. The van der Waals surface area contributed by atoms with E-state index in [1.807, 2.05) is 0 Å². The van der Waals surface area contributed by atoms with Crippen LogP contribution in [0.1, 0.15) is 34.4 Å². The number of halogens is 3. The van der Waals surface area contributed by atoms with Crippen LogP contribution in [0.15, 0.2) is 18.3 Å². The smallest absolute Gasteiger partial charge is 0.410 e. The van der Waals surface area contributed by atoms with Crippen LogP contribution in [0.3, 0.4) is 0 Å². The number of hydrogen-bond donors (Lipinski definition) is 2. The summed E-state index contributed by atoms with van der Waals surface area (Å²) in [6, 6.07) is 0.383. The molecule has 152 valence electrons. The lowest BCUT2D eigenvalue weighted by atomic mass is 9.95. The van der Waals surface area contributed by atoms with Crippen molar-refractivity contribution in [3.05, 3.63) is 29.5 Å². The lowest BCUT2D eigenvalue weighted by molar-refractivity contribution is -0.173. The molecule has 3 rings (SSSR count). The topological polar surface area (TPSA) is 101 Å². The highest BCUT2D eigenvalue weighted by Crippen LogP contribution is 2.47. The molecule has 1 aromatic heterocycles. The van der Waals surface area contributed by atoms with E-state index >= 15 is 0 Å². The zero-order valence-corrected chi connectivity index (χ0v) is 15.3. The van der Waals surface area contributed by atoms with Gasteiger partial charge >= 0.3 is 6.18 Å². The largest absolute Gasteiger partial charge is 0.493 e. The third-order valence-corrected chi connectivity index (χ3v) is 4.59. The minimum absolute atomic E-state index is 0.0835. The molecule has 2 atom stereocenters. The van der Waals surface area contributed by atoms with Crippen LogP contribution in [0.25, 0.3) is 0 Å². The number of primary amides is 1. The van der Waals surface area contributed by atoms with Crippen LogP contribution in [-0.2, 0) is 0 Å². The molecule has 2 heterocycles. The first-order chi connectivity index (χ1) is 13.2. The van der Waals surface area contributed by atoms with Crippen molar-refractivity contribution in [1.82, 2.24) is 9.78 Å². The SMILES string of the molecule is COc1cc([C@@H]2C[C@@H](C(F)(F)F)n3ncc(C(N)=O)c3N2)cc(OC)c1OC. The average Bonchev–Trinajstić information content (AvgIpc) is 3.09. The highest BCUT2D eigenvalue weighted by atomic mass is 19.4. The normalized spacial score (nSPS) is 18.8. The van der Waals surface area contributed by atoms with Crippen molar-refractivity contribution >= 4 is 11.7 Å². The zero-order valence-electron chi connectivity index (χ0n) is 15.3. The summed E-state index contributed by atoms with van der Waals surface area (Å²) < 4.78 is 57.5. The number of carbonyl (C=O) groups excluding carboxylic acids is 1. The highest BCUT2D eigenvalue weighted by Gasteiger charge is 2.47. The van der Waals surface area contributed by atoms with E-state index in [1.54, 1.807) is 12.1 Å². The molecule has 0 fully saturated rings. The van der Waals surface area contributed by atoms with Crippen molar-refractivity contribution in [2.75, 3.05) is 26.6 Å². The van der Waals surface area contributed by atoms with Gasteiger partial charge in [0, 0.05) is 6.42 Å². The maximum atomic E-state index is 13.7. The quantitative estimate of drug-likeness (QED) is 0.800. The van der Waals surface area contributed by atoms with Crippen molar-refractivity contribution in [3.63, 3.8) is 0 Å². The average molecular weight is 400 g/mol. The molecule has 0 aliphatic carbocycles. The van der Waals surface area contributed by atoms with Gasteiger partial charge in [-0.1, -0.05) is 0 Å². The Labute approximate surface area is 158 Å². The summed E-state index contributed by atoms with van der Waals surface area (Å²) >= 11 is 0. The Morgan fingerprint density at radius 3 is 2.29 bits per heavy atom. The lowest BCUT2D eigenvalue weighted by Crippen LogP contribution is -2.36. The monoisotopic (exact) mass is 400 g/mol. The number of nitrogens with one attached hydrogen (secondary N) is 1. The number of ether oxygens (including phenoxy) is 3. The van der Waals surface area contributed by atoms with Gasteiger partial charge in [-0.25, -0.2) is 4.68 Å². The van der Waals surface area contributed by atoms with Gasteiger partial charge in [-0.3, -0.25) is 4.79 Å². The lowest BCUT2D eigenvalue weighted by Gasteiger charge is -2.34. The Bertz CT molecular complexity index is 872. The van der Waals surface area contributed by atoms with Crippen molar-refractivity contribution < 1.29 is 32.2 Å². The second-order valence-corrected chi connectivity index (χ2v) is 6.16. The van der Waals surface area contributed by atoms with E-state index in [4.69, 9.17) is 19.9 Å². The van der Waals surface area contributed by atoms with Crippen LogP contribution < -0.4 is 25.3 Å². The first-order valence-corrected chi connectivity index (χ1v) is 8.21. The number of benzene rings is 1. The van der Waals surface area contributed by atoms with E-state index in [9.17, 15) is 18.0 Å². The van der Waals surface area contributed by atoms with E-state index in [0.29, 0.717) is 22.8 Å². The van der Waals surface area contributed by atoms with E-state index in [0.717, 1.165) is 10.9 Å². The molecule has 0 bridgehead atoms. The van der Waals surface area contributed by atoms with Crippen LogP contribution in [-0.4, -0.2) is 43.2 Å². The molecule has 1 aromatic carbocycles. The molecule has 1 amide bonds. The molecule has 28 heavy (non-hydrogen) atoms. The van der Waals surface area contributed by atoms with Gasteiger partial charge < -0.3 is 25.3 Å². The van der Waals surface area contributed by atoms with Crippen LogP contribution >= 0.6 is 0 Å². The maximum Gasteiger partial charge on any atom is 0.410 e. The van der Waals surface area contributed by atoms with Gasteiger partial charge in [-0.2, -0.15) is 18.3 Å². The Morgan fingerprint density at radius 1 is 1.21 bits per heavy atom. The van der Waals surface area contributed by atoms with E-state index in [2.05, 4.69) is 10.4 Å². The number of hydrogen-bond acceptors (Lipinski definition) is 6. The van der Waals surface area contributed by atoms with Crippen LogP contribution in [0.2, 0.25) is 0 Å². The van der Waals surface area contributed by atoms with Crippen molar-refractivity contribution in [1.29, 1.82) is 0 Å². The number of aromatic nitrogens is 2. The fraction of sp³-hybridized carbons (Fsp3) is 0.412. The predicted molar refractivity (Wildman–Crippen MR) is 92.9 cm³/mol. The van der Waals surface area contributed by atoms with Gasteiger partial charge in [0.15, 0.2) is 17.5 Å². The Kier molecular flexibility index (Phi) is 5.01. The molecule has 3 N–H and O–H groups in total. The second kappa shape index (κ2) is 7.13. The van der Waals surface area contributed by atoms with Crippen molar-refractivity contribution in [3.8, 4) is 17.2 Å². The third-order valence-electron chi connectivity index (χ3n) is 4.59. The second-order valence-electron chi connectivity index (χ2n) is 6.16. The Hall–Kier alpha value is -3.11.